The summed E-state index contributed by atoms with van der Waals surface area (Å²) in [6, 6.07) is 8.77. The Kier molecular flexibility index (Phi) is 5.36. The molecule has 0 aliphatic rings. The maximum absolute atomic E-state index is 12.1. The third kappa shape index (κ3) is 3.52. The molecule has 0 aliphatic heterocycles. The molecule has 0 aliphatic carbocycles. The van der Waals surface area contributed by atoms with Gasteiger partial charge in [0.2, 0.25) is 5.91 Å². The number of alkyl halides is 1. The predicted octanol–water partition coefficient (Wildman–Crippen LogP) is 2.47. The van der Waals surface area contributed by atoms with Crippen LogP contribution >= 0.6 is 27.5 Å². The average molecular weight is 398 g/mol. The number of rotatable bonds is 4. The van der Waals surface area contributed by atoms with Crippen LogP contribution < -0.4 is 5.32 Å². The zero-order valence-electron chi connectivity index (χ0n) is 11.8. The van der Waals surface area contributed by atoms with E-state index in [0.717, 1.165) is 4.47 Å². The van der Waals surface area contributed by atoms with E-state index in [1.54, 1.807) is 24.3 Å². The smallest absolute Gasteiger partial charge is 0.359 e. The number of aromatic nitrogens is 2. The number of amides is 1. The Morgan fingerprint density at radius 1 is 1.52 bits per heavy atom. The van der Waals surface area contributed by atoms with E-state index in [0.29, 0.717) is 5.69 Å². The third-order valence-electron chi connectivity index (χ3n) is 2.81. The molecule has 0 radical (unpaired) electrons. The van der Waals surface area contributed by atoms with Crippen molar-refractivity contribution in [3.8, 4) is 11.8 Å². The minimum absolute atomic E-state index is 0.0371. The highest BCUT2D eigenvalue weighted by Gasteiger charge is 2.26. The summed E-state index contributed by atoms with van der Waals surface area (Å²) in [7, 11) is 1.19. The van der Waals surface area contributed by atoms with Gasteiger partial charge in [0.05, 0.1) is 12.8 Å². The number of hydrogen-bond acceptors (Lipinski definition) is 5. The SMILES string of the molecule is COC(=O)c1c(NC(=O)CCl)c(C#N)nn1-c1cccc(Br)c1. The molecule has 1 N–H and O–H groups in total. The van der Waals surface area contributed by atoms with Gasteiger partial charge in [-0.15, -0.1) is 11.6 Å². The maximum Gasteiger partial charge on any atom is 0.359 e. The highest BCUT2D eigenvalue weighted by atomic mass is 79.9. The number of halogens is 2. The number of nitriles is 1. The molecule has 1 aromatic carbocycles. The number of nitrogens with one attached hydrogen (secondary N) is 1. The first-order chi connectivity index (χ1) is 11.0. The van der Waals surface area contributed by atoms with Crippen molar-refractivity contribution in [3.05, 3.63) is 40.1 Å². The van der Waals surface area contributed by atoms with Gasteiger partial charge in [0.25, 0.3) is 0 Å². The van der Waals surface area contributed by atoms with Crippen molar-refractivity contribution in [2.24, 2.45) is 0 Å². The fourth-order valence-electron chi connectivity index (χ4n) is 1.87. The number of anilines is 1. The molecular formula is C14H10BrClN4O3. The molecule has 9 heteroatoms. The molecule has 0 unspecified atom stereocenters. The van der Waals surface area contributed by atoms with Gasteiger partial charge in [-0.05, 0) is 18.2 Å². The molecular weight excluding hydrogens is 388 g/mol. The Bertz CT molecular complexity index is 813. The Morgan fingerprint density at radius 3 is 2.83 bits per heavy atom. The summed E-state index contributed by atoms with van der Waals surface area (Å²) < 4.78 is 6.73. The lowest BCUT2D eigenvalue weighted by molar-refractivity contribution is -0.113. The molecule has 1 amide bonds. The van der Waals surface area contributed by atoms with Crippen LogP contribution in [0.4, 0.5) is 5.69 Å². The maximum atomic E-state index is 12.1. The predicted molar refractivity (Wildman–Crippen MR) is 86.7 cm³/mol. The molecule has 23 heavy (non-hydrogen) atoms. The van der Waals surface area contributed by atoms with E-state index in [1.807, 2.05) is 6.07 Å². The largest absolute Gasteiger partial charge is 0.464 e. The van der Waals surface area contributed by atoms with Crippen molar-refractivity contribution in [2.45, 2.75) is 0 Å². The molecule has 1 aromatic heterocycles. The zero-order chi connectivity index (χ0) is 17.0. The second kappa shape index (κ2) is 7.26. The lowest BCUT2D eigenvalue weighted by atomic mass is 10.2. The van der Waals surface area contributed by atoms with Crippen LogP contribution in [0.15, 0.2) is 28.7 Å². The normalized spacial score (nSPS) is 10.0. The summed E-state index contributed by atoms with van der Waals surface area (Å²) >= 11 is 8.79. The van der Waals surface area contributed by atoms with Crippen LogP contribution in [0.25, 0.3) is 5.69 Å². The van der Waals surface area contributed by atoms with Gasteiger partial charge < -0.3 is 10.1 Å². The second-order valence-electron chi connectivity index (χ2n) is 4.25. The first-order valence-corrected chi connectivity index (χ1v) is 7.57. The third-order valence-corrected chi connectivity index (χ3v) is 3.54. The van der Waals surface area contributed by atoms with Crippen LogP contribution in [0.1, 0.15) is 16.2 Å². The Balaban J connectivity index is 2.70. The molecule has 7 nitrogen and oxygen atoms in total. The van der Waals surface area contributed by atoms with Crippen molar-refractivity contribution in [1.82, 2.24) is 9.78 Å². The van der Waals surface area contributed by atoms with E-state index in [2.05, 4.69) is 26.3 Å². The molecule has 0 saturated carbocycles. The van der Waals surface area contributed by atoms with Gasteiger partial charge in [-0.3, -0.25) is 4.79 Å². The van der Waals surface area contributed by atoms with Gasteiger partial charge in [-0.2, -0.15) is 10.4 Å². The minimum Gasteiger partial charge on any atom is -0.464 e. The quantitative estimate of drug-likeness (QED) is 0.631. The van der Waals surface area contributed by atoms with Crippen LogP contribution in [0.3, 0.4) is 0 Å². The summed E-state index contributed by atoms with van der Waals surface area (Å²) in [6.07, 6.45) is 0. The molecule has 2 rings (SSSR count). The fraction of sp³-hybridized carbons (Fsp3) is 0.143. The van der Waals surface area contributed by atoms with Crippen LogP contribution in [-0.4, -0.2) is 34.6 Å². The fourth-order valence-corrected chi connectivity index (χ4v) is 2.32. The van der Waals surface area contributed by atoms with Gasteiger partial charge in [0.1, 0.15) is 17.6 Å². The van der Waals surface area contributed by atoms with Gasteiger partial charge >= 0.3 is 5.97 Å². The van der Waals surface area contributed by atoms with Crippen molar-refractivity contribution >= 4 is 45.1 Å². The number of ether oxygens (including phenoxy) is 1. The highest BCUT2D eigenvalue weighted by molar-refractivity contribution is 9.10. The first-order valence-electron chi connectivity index (χ1n) is 6.25. The molecule has 0 atom stereocenters. The average Bonchev–Trinajstić information content (AvgIpc) is 2.92. The van der Waals surface area contributed by atoms with E-state index in [4.69, 9.17) is 16.3 Å². The summed E-state index contributed by atoms with van der Waals surface area (Å²) in [5.41, 5.74) is 0.289. The van der Waals surface area contributed by atoms with Crippen LogP contribution in [-0.2, 0) is 9.53 Å². The number of esters is 1. The lowest BCUT2D eigenvalue weighted by Crippen LogP contribution is -2.17. The first kappa shape index (κ1) is 17.0. The summed E-state index contributed by atoms with van der Waals surface area (Å²) in [6.45, 7) is 0. The number of benzene rings is 1. The number of methoxy groups -OCH3 is 1. The zero-order valence-corrected chi connectivity index (χ0v) is 14.2. The number of carbonyl (C=O) groups excluding carboxylic acids is 2. The Morgan fingerprint density at radius 2 is 2.26 bits per heavy atom. The van der Waals surface area contributed by atoms with Crippen molar-refractivity contribution in [3.63, 3.8) is 0 Å². The highest BCUT2D eigenvalue weighted by Crippen LogP contribution is 2.26. The van der Waals surface area contributed by atoms with E-state index >= 15 is 0 Å². The number of hydrogen-bond donors (Lipinski definition) is 1. The molecule has 2 aromatic rings. The Hall–Kier alpha value is -2.37. The van der Waals surface area contributed by atoms with Gasteiger partial charge in [0.15, 0.2) is 11.4 Å². The molecule has 0 fully saturated rings. The van der Waals surface area contributed by atoms with Crippen molar-refractivity contribution in [2.75, 3.05) is 18.3 Å². The summed E-state index contributed by atoms with van der Waals surface area (Å²) in [4.78, 5) is 23.7. The molecule has 0 spiro atoms. The van der Waals surface area contributed by atoms with E-state index in [1.165, 1.54) is 11.8 Å². The van der Waals surface area contributed by atoms with Gasteiger partial charge in [-0.1, -0.05) is 22.0 Å². The molecule has 0 saturated heterocycles. The standard InChI is InChI=1S/C14H10BrClN4O3/c1-23-14(22)13-12(18-11(21)6-16)10(7-17)19-20(13)9-4-2-3-8(15)5-9/h2-5H,6H2,1H3,(H,18,21). The second-order valence-corrected chi connectivity index (χ2v) is 5.43. The van der Waals surface area contributed by atoms with Crippen LogP contribution in [0.2, 0.25) is 0 Å². The monoisotopic (exact) mass is 396 g/mol. The van der Waals surface area contributed by atoms with E-state index in [9.17, 15) is 14.9 Å². The van der Waals surface area contributed by atoms with E-state index in [-0.39, 0.29) is 23.0 Å². The molecule has 1 heterocycles. The van der Waals surface area contributed by atoms with Crippen molar-refractivity contribution < 1.29 is 14.3 Å². The Labute approximate surface area is 144 Å². The van der Waals surface area contributed by atoms with Crippen molar-refractivity contribution in [1.29, 1.82) is 5.26 Å². The number of nitrogens with zero attached hydrogens (tertiary/aromatic N) is 3. The minimum atomic E-state index is -0.746. The van der Waals surface area contributed by atoms with Gasteiger partial charge in [-0.25, -0.2) is 9.48 Å². The summed E-state index contributed by atoms with van der Waals surface area (Å²) in [5.74, 6) is -1.64. The molecule has 0 bridgehead atoms. The molecule has 118 valence electrons. The summed E-state index contributed by atoms with van der Waals surface area (Å²) in [5, 5.41) is 15.7. The van der Waals surface area contributed by atoms with Crippen LogP contribution in [0.5, 0.6) is 0 Å². The van der Waals surface area contributed by atoms with Crippen LogP contribution in [0, 0.1) is 11.3 Å². The lowest BCUT2D eigenvalue weighted by Gasteiger charge is -2.08. The number of carbonyl (C=O) groups is 2. The van der Waals surface area contributed by atoms with E-state index < -0.39 is 11.9 Å². The topological polar surface area (TPSA) is 97.0 Å². The van der Waals surface area contributed by atoms with Gasteiger partial charge in [0, 0.05) is 4.47 Å².